The second kappa shape index (κ2) is 9.13. The number of nitrogens with zero attached hydrogens (tertiary/aromatic N) is 4. The van der Waals surface area contributed by atoms with Gasteiger partial charge >= 0.3 is 6.18 Å². The number of anilines is 2. The van der Waals surface area contributed by atoms with Gasteiger partial charge in [0.05, 0.1) is 36.2 Å². The number of hydrogen-bond acceptors (Lipinski definition) is 7. The second-order valence-electron chi connectivity index (χ2n) is 6.73. The van der Waals surface area contributed by atoms with Gasteiger partial charge in [0, 0.05) is 18.7 Å². The molecule has 3 heterocycles. The third-order valence-electron chi connectivity index (χ3n) is 4.58. The first-order chi connectivity index (χ1) is 15.3. The summed E-state index contributed by atoms with van der Waals surface area (Å²) < 4.78 is 63.8. The molecule has 12 heteroatoms. The Hall–Kier alpha value is -3.18. The highest BCUT2D eigenvalue weighted by Crippen LogP contribution is 2.36. The van der Waals surface area contributed by atoms with Crippen molar-refractivity contribution >= 4 is 29.6 Å². The summed E-state index contributed by atoms with van der Waals surface area (Å²) in [6.07, 6.45) is -2.18. The maximum absolute atomic E-state index is 14.1. The average Bonchev–Trinajstić information content (AvgIpc) is 3.23. The molecule has 4 rings (SSSR count). The minimum atomic E-state index is -4.50. The van der Waals surface area contributed by atoms with Gasteiger partial charge in [-0.3, -0.25) is 0 Å². The number of nitrogens with one attached hydrogen (secondary N) is 1. The molecule has 0 unspecified atom stereocenters. The minimum absolute atomic E-state index is 0.0665. The number of alkyl halides is 3. The lowest BCUT2D eigenvalue weighted by atomic mass is 10.1. The number of morpholine rings is 1. The van der Waals surface area contributed by atoms with Gasteiger partial charge in [-0.15, -0.1) is 0 Å². The SMILES string of the molecule is Fc1cnc(NN=Cc2ccc(-c3cc(C(F)(F)F)ccc3Cl)o2)nc1N1CCOCC1. The van der Waals surface area contributed by atoms with E-state index in [2.05, 4.69) is 20.5 Å². The molecule has 1 aromatic carbocycles. The maximum atomic E-state index is 14.1. The van der Waals surface area contributed by atoms with Crippen molar-refractivity contribution in [3.63, 3.8) is 0 Å². The van der Waals surface area contributed by atoms with Gasteiger partial charge in [0.25, 0.3) is 0 Å². The molecule has 1 aliphatic heterocycles. The number of benzene rings is 1. The highest BCUT2D eigenvalue weighted by atomic mass is 35.5. The molecule has 0 radical (unpaired) electrons. The van der Waals surface area contributed by atoms with Crippen LogP contribution in [0, 0.1) is 5.82 Å². The van der Waals surface area contributed by atoms with E-state index in [0.29, 0.717) is 26.3 Å². The Labute approximate surface area is 184 Å². The fourth-order valence-electron chi connectivity index (χ4n) is 3.02. The molecule has 168 valence electrons. The Kier molecular flexibility index (Phi) is 6.28. The second-order valence-corrected chi connectivity index (χ2v) is 7.14. The van der Waals surface area contributed by atoms with Crippen LogP contribution in [-0.2, 0) is 10.9 Å². The molecular formula is C20H16ClF4N5O2. The number of aromatic nitrogens is 2. The smallest absolute Gasteiger partial charge is 0.416 e. The quantitative estimate of drug-likeness (QED) is 0.328. The lowest BCUT2D eigenvalue weighted by Crippen LogP contribution is -2.37. The van der Waals surface area contributed by atoms with Crippen molar-refractivity contribution in [1.29, 1.82) is 0 Å². The number of ether oxygens (including phenoxy) is 1. The average molecular weight is 470 g/mol. The van der Waals surface area contributed by atoms with Crippen molar-refractivity contribution < 1.29 is 26.7 Å². The van der Waals surface area contributed by atoms with Crippen LogP contribution in [0.3, 0.4) is 0 Å². The van der Waals surface area contributed by atoms with E-state index in [4.69, 9.17) is 20.8 Å². The fraction of sp³-hybridized carbons (Fsp3) is 0.250. The zero-order valence-corrected chi connectivity index (χ0v) is 17.1. The van der Waals surface area contributed by atoms with E-state index in [1.165, 1.54) is 18.3 Å². The summed E-state index contributed by atoms with van der Waals surface area (Å²) >= 11 is 6.03. The Morgan fingerprint density at radius 2 is 1.94 bits per heavy atom. The van der Waals surface area contributed by atoms with Gasteiger partial charge in [-0.25, -0.2) is 14.8 Å². The molecular weight excluding hydrogens is 454 g/mol. The third-order valence-corrected chi connectivity index (χ3v) is 4.91. The van der Waals surface area contributed by atoms with Crippen molar-refractivity contribution in [2.45, 2.75) is 6.18 Å². The molecule has 3 aromatic rings. The van der Waals surface area contributed by atoms with Crippen molar-refractivity contribution in [3.8, 4) is 11.3 Å². The molecule has 0 amide bonds. The normalized spacial score (nSPS) is 14.8. The van der Waals surface area contributed by atoms with E-state index in [1.54, 1.807) is 4.90 Å². The number of rotatable bonds is 5. The van der Waals surface area contributed by atoms with Crippen LogP contribution in [0.15, 0.2) is 46.0 Å². The van der Waals surface area contributed by atoms with E-state index in [-0.39, 0.29) is 33.9 Å². The lowest BCUT2D eigenvalue weighted by molar-refractivity contribution is -0.137. The molecule has 1 aliphatic rings. The summed E-state index contributed by atoms with van der Waals surface area (Å²) in [6, 6.07) is 5.97. The largest absolute Gasteiger partial charge is 0.455 e. The van der Waals surface area contributed by atoms with Crippen LogP contribution < -0.4 is 10.3 Å². The van der Waals surface area contributed by atoms with Gasteiger partial charge < -0.3 is 14.1 Å². The molecule has 0 atom stereocenters. The van der Waals surface area contributed by atoms with E-state index >= 15 is 0 Å². The van der Waals surface area contributed by atoms with E-state index in [0.717, 1.165) is 24.4 Å². The lowest BCUT2D eigenvalue weighted by Gasteiger charge is -2.27. The van der Waals surface area contributed by atoms with Gasteiger partial charge in [-0.2, -0.15) is 23.3 Å². The van der Waals surface area contributed by atoms with Crippen LogP contribution in [0.25, 0.3) is 11.3 Å². The molecule has 0 aliphatic carbocycles. The monoisotopic (exact) mass is 469 g/mol. The van der Waals surface area contributed by atoms with Crippen molar-refractivity contribution in [2.24, 2.45) is 5.10 Å². The van der Waals surface area contributed by atoms with Crippen LogP contribution in [0.2, 0.25) is 5.02 Å². The molecule has 0 spiro atoms. The van der Waals surface area contributed by atoms with Crippen molar-refractivity contribution in [1.82, 2.24) is 9.97 Å². The number of hydrazone groups is 1. The van der Waals surface area contributed by atoms with Crippen LogP contribution in [0.1, 0.15) is 11.3 Å². The zero-order valence-electron chi connectivity index (χ0n) is 16.4. The van der Waals surface area contributed by atoms with Crippen LogP contribution in [-0.4, -0.2) is 42.5 Å². The van der Waals surface area contributed by atoms with Crippen LogP contribution in [0.5, 0.6) is 0 Å². The summed E-state index contributed by atoms with van der Waals surface area (Å²) in [5.74, 6) is 0.0408. The van der Waals surface area contributed by atoms with E-state index in [9.17, 15) is 17.6 Å². The van der Waals surface area contributed by atoms with Gasteiger partial charge in [-0.05, 0) is 30.3 Å². The van der Waals surface area contributed by atoms with Crippen LogP contribution in [0.4, 0.5) is 29.3 Å². The standard InChI is InChI=1S/C20H16ClF4N5O2/c21-15-3-1-12(20(23,24)25)9-14(15)17-4-2-13(32-17)10-27-29-19-26-11-16(22)18(28-19)30-5-7-31-8-6-30/h1-4,9-11H,5-8H2,(H,26,28,29). The summed E-state index contributed by atoms with van der Waals surface area (Å²) in [7, 11) is 0. The van der Waals surface area contributed by atoms with Gasteiger partial charge in [0.2, 0.25) is 5.95 Å². The first-order valence-corrected chi connectivity index (χ1v) is 9.80. The van der Waals surface area contributed by atoms with Crippen molar-refractivity contribution in [2.75, 3.05) is 36.6 Å². The summed E-state index contributed by atoms with van der Waals surface area (Å²) in [5, 5.41) is 4.06. The van der Waals surface area contributed by atoms with Gasteiger partial charge in [-0.1, -0.05) is 11.6 Å². The summed E-state index contributed by atoms with van der Waals surface area (Å²) in [4.78, 5) is 9.71. The Morgan fingerprint density at radius 1 is 1.16 bits per heavy atom. The predicted octanol–water partition coefficient (Wildman–Crippen LogP) is 4.83. The highest BCUT2D eigenvalue weighted by Gasteiger charge is 2.31. The zero-order chi connectivity index (χ0) is 22.7. The molecule has 0 bridgehead atoms. The molecule has 0 saturated carbocycles. The fourth-order valence-corrected chi connectivity index (χ4v) is 3.23. The minimum Gasteiger partial charge on any atom is -0.455 e. The molecule has 1 saturated heterocycles. The van der Waals surface area contributed by atoms with Crippen LogP contribution >= 0.6 is 11.6 Å². The number of furan rings is 1. The molecule has 1 N–H and O–H groups in total. The maximum Gasteiger partial charge on any atom is 0.416 e. The third kappa shape index (κ3) is 5.00. The van der Waals surface area contributed by atoms with E-state index < -0.39 is 17.6 Å². The first-order valence-electron chi connectivity index (χ1n) is 9.42. The summed E-state index contributed by atoms with van der Waals surface area (Å²) in [6.45, 7) is 1.95. The Balaban J connectivity index is 1.47. The Bertz CT molecular complexity index is 1130. The molecule has 7 nitrogen and oxygen atoms in total. The first kappa shape index (κ1) is 22.0. The summed E-state index contributed by atoms with van der Waals surface area (Å²) in [5.41, 5.74) is 1.84. The molecule has 32 heavy (non-hydrogen) atoms. The van der Waals surface area contributed by atoms with Gasteiger partial charge in [0.1, 0.15) is 11.5 Å². The van der Waals surface area contributed by atoms with Crippen molar-refractivity contribution in [3.05, 3.63) is 58.7 Å². The topological polar surface area (TPSA) is 75.8 Å². The molecule has 1 fully saturated rings. The number of hydrogen-bond donors (Lipinski definition) is 1. The van der Waals surface area contributed by atoms with Gasteiger partial charge in [0.15, 0.2) is 11.6 Å². The van der Waals surface area contributed by atoms with E-state index in [1.807, 2.05) is 0 Å². The predicted molar refractivity (Wildman–Crippen MR) is 110 cm³/mol. The number of halogens is 5. The highest BCUT2D eigenvalue weighted by molar-refractivity contribution is 6.33. The Morgan fingerprint density at radius 3 is 2.69 bits per heavy atom. The molecule has 2 aromatic heterocycles.